The molecule has 0 N–H and O–H groups in total. The minimum absolute atomic E-state index is 0.585. The molecule has 0 spiro atoms. The van der Waals surface area contributed by atoms with Gasteiger partial charge in [0.25, 0.3) is 0 Å². The Bertz CT molecular complexity index is 2710. The number of hydrogen-bond acceptors (Lipinski definition) is 3. The first-order chi connectivity index (χ1) is 21.2. The van der Waals surface area contributed by atoms with Gasteiger partial charge in [0.05, 0.1) is 50.0 Å². The lowest BCUT2D eigenvalue weighted by molar-refractivity contribution is 1.13. The topological polar surface area (TPSA) is 57.4 Å². The maximum absolute atomic E-state index is 10.3. The van der Waals surface area contributed by atoms with E-state index in [9.17, 15) is 10.5 Å². The summed E-state index contributed by atoms with van der Waals surface area (Å²) in [6.07, 6.45) is 0. The Labute approximate surface area is 250 Å². The average Bonchev–Trinajstić information content (AvgIpc) is 3.72. The van der Waals surface area contributed by atoms with E-state index in [2.05, 4.69) is 100 Å². The van der Waals surface area contributed by atoms with Crippen LogP contribution in [0.5, 0.6) is 0 Å². The van der Waals surface area contributed by atoms with Crippen LogP contribution in [0.2, 0.25) is 0 Å². The second-order valence-corrected chi connectivity index (χ2v) is 11.9. The van der Waals surface area contributed by atoms with Crippen LogP contribution in [-0.4, -0.2) is 9.13 Å². The van der Waals surface area contributed by atoms with E-state index < -0.39 is 0 Å². The molecule has 43 heavy (non-hydrogen) atoms. The number of thiophene rings is 1. The van der Waals surface area contributed by atoms with Crippen LogP contribution in [0.1, 0.15) is 11.1 Å². The normalized spacial score (nSPS) is 11.7. The summed E-state index contributed by atoms with van der Waals surface area (Å²) in [5.41, 5.74) is 7.33. The lowest BCUT2D eigenvalue weighted by Gasteiger charge is -2.14. The van der Waals surface area contributed by atoms with Crippen molar-refractivity contribution in [3.8, 4) is 23.5 Å². The predicted octanol–water partition coefficient (Wildman–Crippen LogP) is 9.99. The first-order valence-corrected chi connectivity index (χ1v) is 14.9. The molecule has 3 heterocycles. The molecule has 0 atom stereocenters. The molecule has 0 aliphatic heterocycles. The summed E-state index contributed by atoms with van der Waals surface area (Å²) in [7, 11) is 0. The van der Waals surface area contributed by atoms with Crippen LogP contribution in [0.3, 0.4) is 0 Å². The molecule has 9 rings (SSSR count). The van der Waals surface area contributed by atoms with E-state index in [-0.39, 0.29) is 0 Å². The summed E-state index contributed by atoms with van der Waals surface area (Å²) >= 11 is 1.82. The van der Waals surface area contributed by atoms with Crippen LogP contribution in [0, 0.1) is 22.7 Å². The van der Waals surface area contributed by atoms with Gasteiger partial charge in [-0.2, -0.15) is 10.5 Å². The van der Waals surface area contributed by atoms with Crippen LogP contribution in [0.25, 0.3) is 75.2 Å². The Morgan fingerprint density at radius 3 is 1.84 bits per heavy atom. The number of nitrogens with zero attached hydrogens (tertiary/aromatic N) is 4. The number of fused-ring (bicyclic) bond motifs is 10. The molecule has 3 aromatic heterocycles. The van der Waals surface area contributed by atoms with Gasteiger partial charge in [-0.25, -0.2) is 0 Å². The fourth-order valence-electron chi connectivity index (χ4n) is 6.74. The van der Waals surface area contributed by atoms with E-state index in [0.29, 0.717) is 11.1 Å². The largest absolute Gasteiger partial charge is 0.309 e. The van der Waals surface area contributed by atoms with Gasteiger partial charge >= 0.3 is 0 Å². The van der Waals surface area contributed by atoms with E-state index in [1.807, 2.05) is 53.8 Å². The lowest BCUT2D eigenvalue weighted by Crippen LogP contribution is -2.00. The first kappa shape index (κ1) is 23.8. The third kappa shape index (κ3) is 3.29. The molecule has 4 nitrogen and oxygen atoms in total. The number of rotatable bonds is 2. The smallest absolute Gasteiger partial charge is 0.0993 e. The molecule has 0 fully saturated rings. The Balaban J connectivity index is 1.42. The molecule has 0 amide bonds. The third-order valence-corrected chi connectivity index (χ3v) is 9.72. The van der Waals surface area contributed by atoms with Crippen molar-refractivity contribution in [3.05, 3.63) is 132 Å². The fourth-order valence-corrected chi connectivity index (χ4v) is 7.98. The Morgan fingerprint density at radius 2 is 1.07 bits per heavy atom. The van der Waals surface area contributed by atoms with Crippen molar-refractivity contribution < 1.29 is 0 Å². The summed E-state index contributed by atoms with van der Waals surface area (Å²) in [5, 5.41) is 26.8. The molecule has 0 aliphatic carbocycles. The van der Waals surface area contributed by atoms with Crippen molar-refractivity contribution in [3.63, 3.8) is 0 Å². The van der Waals surface area contributed by atoms with Crippen LogP contribution < -0.4 is 0 Å². The molecule has 9 aromatic rings. The Hall–Kier alpha value is -5.88. The van der Waals surface area contributed by atoms with Crippen molar-refractivity contribution in [1.82, 2.24) is 9.13 Å². The van der Waals surface area contributed by atoms with E-state index in [1.165, 1.54) is 30.9 Å². The second-order valence-electron chi connectivity index (χ2n) is 10.8. The fraction of sp³-hybridized carbons (Fsp3) is 0. The highest BCUT2D eigenvalue weighted by molar-refractivity contribution is 7.26. The van der Waals surface area contributed by atoms with Gasteiger partial charge in [-0.05, 0) is 54.6 Å². The van der Waals surface area contributed by atoms with Crippen molar-refractivity contribution in [2.45, 2.75) is 0 Å². The number of hydrogen-bond donors (Lipinski definition) is 0. The molecule has 198 valence electrons. The molecule has 5 heteroatoms. The molecule has 0 saturated carbocycles. The minimum atomic E-state index is 0.585. The zero-order chi connectivity index (χ0) is 28.7. The standard InChI is InChI=1S/C38H20N4S/c39-21-23-13-16-35-32(19-23)28-8-2-4-10-33(28)41(35)25-17-24(22-40)18-26(20-25)42-34-11-5-1-7-27(34)30-14-15-31-29-9-3-6-12-36(29)43-38(31)37(30)42/h1-20H. The van der Waals surface area contributed by atoms with Crippen molar-refractivity contribution in [1.29, 1.82) is 10.5 Å². The van der Waals surface area contributed by atoms with Gasteiger partial charge in [-0.3, -0.25) is 0 Å². The van der Waals surface area contributed by atoms with Gasteiger partial charge in [0.1, 0.15) is 0 Å². The van der Waals surface area contributed by atoms with Crippen LogP contribution in [-0.2, 0) is 0 Å². The Kier molecular flexibility index (Phi) is 4.87. The van der Waals surface area contributed by atoms with Gasteiger partial charge in [0, 0.05) is 48.4 Å². The number of benzene rings is 6. The lowest BCUT2D eigenvalue weighted by atomic mass is 10.1. The van der Waals surface area contributed by atoms with Gasteiger partial charge in [0.15, 0.2) is 0 Å². The molecular formula is C38H20N4S. The SMILES string of the molecule is N#Cc1cc(-n2c3ccccc3c3cc(C#N)ccc32)cc(-n2c3ccccc3c3ccc4c5ccccc5sc4c32)c1. The van der Waals surface area contributed by atoms with Gasteiger partial charge in [-0.15, -0.1) is 11.3 Å². The highest BCUT2D eigenvalue weighted by Gasteiger charge is 2.20. The maximum Gasteiger partial charge on any atom is 0.0993 e. The average molecular weight is 565 g/mol. The monoisotopic (exact) mass is 564 g/mol. The maximum atomic E-state index is 10.3. The summed E-state index contributed by atoms with van der Waals surface area (Å²) in [5.74, 6) is 0. The third-order valence-electron chi connectivity index (χ3n) is 8.53. The minimum Gasteiger partial charge on any atom is -0.309 e. The second kappa shape index (κ2) is 8.81. The Morgan fingerprint density at radius 1 is 0.465 bits per heavy atom. The van der Waals surface area contributed by atoms with Crippen LogP contribution in [0.4, 0.5) is 0 Å². The number of para-hydroxylation sites is 2. The zero-order valence-electron chi connectivity index (χ0n) is 22.7. The highest BCUT2D eigenvalue weighted by atomic mass is 32.1. The van der Waals surface area contributed by atoms with E-state index in [0.717, 1.165) is 44.2 Å². The quantitative estimate of drug-likeness (QED) is 0.210. The molecule has 6 aromatic carbocycles. The van der Waals surface area contributed by atoms with Crippen molar-refractivity contribution in [2.75, 3.05) is 0 Å². The molecule has 0 bridgehead atoms. The van der Waals surface area contributed by atoms with E-state index in [1.54, 1.807) is 0 Å². The highest BCUT2D eigenvalue weighted by Crippen LogP contribution is 2.43. The summed E-state index contributed by atoms with van der Waals surface area (Å²) in [4.78, 5) is 0. The van der Waals surface area contributed by atoms with E-state index in [4.69, 9.17) is 0 Å². The van der Waals surface area contributed by atoms with Crippen molar-refractivity contribution in [2.24, 2.45) is 0 Å². The van der Waals surface area contributed by atoms with Gasteiger partial charge in [0.2, 0.25) is 0 Å². The van der Waals surface area contributed by atoms with Gasteiger partial charge in [-0.1, -0.05) is 66.7 Å². The molecule has 0 radical (unpaired) electrons. The van der Waals surface area contributed by atoms with Crippen LogP contribution in [0.15, 0.2) is 121 Å². The zero-order valence-corrected chi connectivity index (χ0v) is 23.6. The molecule has 0 unspecified atom stereocenters. The van der Waals surface area contributed by atoms with E-state index >= 15 is 0 Å². The first-order valence-electron chi connectivity index (χ1n) is 14.1. The number of aromatic nitrogens is 2. The summed E-state index contributed by atoms with van der Waals surface area (Å²) < 4.78 is 7.03. The van der Waals surface area contributed by atoms with Gasteiger partial charge < -0.3 is 9.13 Å². The predicted molar refractivity (Wildman–Crippen MR) is 177 cm³/mol. The molecule has 0 saturated heterocycles. The molecular weight excluding hydrogens is 545 g/mol. The van der Waals surface area contributed by atoms with Crippen molar-refractivity contribution >= 4 is 75.1 Å². The number of nitriles is 2. The molecule has 0 aliphatic rings. The summed E-state index contributed by atoms with van der Waals surface area (Å²) in [6.45, 7) is 0. The van der Waals surface area contributed by atoms with Crippen LogP contribution >= 0.6 is 11.3 Å². The summed E-state index contributed by atoms with van der Waals surface area (Å²) in [6, 6.07) is 46.5.